The van der Waals surface area contributed by atoms with E-state index in [0.717, 1.165) is 40.9 Å². The van der Waals surface area contributed by atoms with Crippen LogP contribution < -0.4 is 5.73 Å². The summed E-state index contributed by atoms with van der Waals surface area (Å²) in [6.07, 6.45) is 3.52. The molecule has 3 aromatic rings. The molecule has 4 rings (SSSR count). The Morgan fingerprint density at radius 3 is 2.50 bits per heavy atom. The van der Waals surface area contributed by atoms with Gasteiger partial charge in [-0.25, -0.2) is 0 Å². The number of nitrogens with two attached hydrogens (primary N) is 1. The van der Waals surface area contributed by atoms with Crippen molar-refractivity contribution in [2.24, 2.45) is 5.73 Å². The second-order valence-corrected chi connectivity index (χ2v) is 6.13. The second-order valence-electron chi connectivity index (χ2n) is 6.13. The van der Waals surface area contributed by atoms with Gasteiger partial charge in [-0.05, 0) is 44.9 Å². The summed E-state index contributed by atoms with van der Waals surface area (Å²) in [7, 11) is 0. The van der Waals surface area contributed by atoms with Crippen molar-refractivity contribution in [2.45, 2.75) is 38.5 Å². The van der Waals surface area contributed by atoms with Crippen LogP contribution in [0.2, 0.25) is 0 Å². The van der Waals surface area contributed by atoms with Gasteiger partial charge in [-0.3, -0.25) is 0 Å². The van der Waals surface area contributed by atoms with E-state index in [4.69, 9.17) is 14.6 Å². The van der Waals surface area contributed by atoms with Crippen molar-refractivity contribution in [3.8, 4) is 0 Å². The number of hydrogen-bond acceptors (Lipinski definition) is 3. The summed E-state index contributed by atoms with van der Waals surface area (Å²) in [6.45, 7) is 4.66. The lowest BCUT2D eigenvalue weighted by atomic mass is 9.63. The van der Waals surface area contributed by atoms with Crippen LogP contribution in [0.25, 0.3) is 21.9 Å². The summed E-state index contributed by atoms with van der Waals surface area (Å²) in [5.41, 5.74) is 9.41. The van der Waals surface area contributed by atoms with Crippen LogP contribution in [0.1, 0.15) is 36.3 Å². The molecule has 1 aromatic carbocycles. The summed E-state index contributed by atoms with van der Waals surface area (Å²) < 4.78 is 11.9. The maximum Gasteiger partial charge on any atom is 0.138 e. The van der Waals surface area contributed by atoms with Gasteiger partial charge < -0.3 is 14.6 Å². The van der Waals surface area contributed by atoms with E-state index in [0.29, 0.717) is 6.54 Å². The van der Waals surface area contributed by atoms with E-state index in [1.54, 1.807) is 0 Å². The minimum Gasteiger partial charge on any atom is -0.461 e. The predicted octanol–water partition coefficient (Wildman–Crippen LogP) is 4.18. The highest BCUT2D eigenvalue weighted by atomic mass is 16.3. The Bertz CT molecular complexity index is 745. The smallest absolute Gasteiger partial charge is 0.138 e. The van der Waals surface area contributed by atoms with E-state index >= 15 is 0 Å². The van der Waals surface area contributed by atoms with E-state index in [2.05, 4.69) is 18.2 Å². The lowest BCUT2D eigenvalue weighted by Crippen LogP contribution is -2.41. The third-order valence-electron chi connectivity index (χ3n) is 4.78. The van der Waals surface area contributed by atoms with Gasteiger partial charge in [-0.2, -0.15) is 0 Å². The normalized spacial score (nSPS) is 17.8. The van der Waals surface area contributed by atoms with E-state index in [1.807, 2.05) is 13.8 Å². The molecule has 2 N–H and O–H groups in total. The van der Waals surface area contributed by atoms with Crippen molar-refractivity contribution in [3.05, 3.63) is 35.3 Å². The topological polar surface area (TPSA) is 52.3 Å². The standard InChI is InChI=1S/C17H19NO2/c1-10-6-12-8-14-13(7-11(2)19-14)15(16(12)20-10)17(9-18)4-3-5-17/h6-8H,3-5,9,18H2,1-2H3. The Hall–Kier alpha value is -1.74. The summed E-state index contributed by atoms with van der Waals surface area (Å²) in [5, 5.41) is 2.30. The summed E-state index contributed by atoms with van der Waals surface area (Å²) in [5.74, 6) is 1.88. The minimum atomic E-state index is 0.0678. The summed E-state index contributed by atoms with van der Waals surface area (Å²) in [6, 6.07) is 6.29. The molecule has 3 nitrogen and oxygen atoms in total. The number of hydrogen-bond donors (Lipinski definition) is 1. The van der Waals surface area contributed by atoms with Crippen molar-refractivity contribution >= 4 is 21.9 Å². The largest absolute Gasteiger partial charge is 0.461 e. The zero-order valence-corrected chi connectivity index (χ0v) is 12.0. The van der Waals surface area contributed by atoms with Crippen LogP contribution in [0, 0.1) is 13.8 Å². The summed E-state index contributed by atoms with van der Waals surface area (Å²) in [4.78, 5) is 0. The Kier molecular flexibility index (Phi) is 2.34. The predicted molar refractivity (Wildman–Crippen MR) is 80.0 cm³/mol. The first-order valence-corrected chi connectivity index (χ1v) is 7.27. The molecule has 3 heteroatoms. The van der Waals surface area contributed by atoms with Gasteiger partial charge >= 0.3 is 0 Å². The highest BCUT2D eigenvalue weighted by Gasteiger charge is 2.41. The number of fused-ring (bicyclic) bond motifs is 2. The maximum atomic E-state index is 6.12. The van der Waals surface area contributed by atoms with Crippen LogP contribution in [-0.4, -0.2) is 6.54 Å². The summed E-state index contributed by atoms with van der Waals surface area (Å²) >= 11 is 0. The van der Waals surface area contributed by atoms with E-state index in [-0.39, 0.29) is 5.41 Å². The quantitative estimate of drug-likeness (QED) is 0.759. The fourth-order valence-electron chi connectivity index (χ4n) is 3.62. The first-order valence-electron chi connectivity index (χ1n) is 7.27. The molecule has 2 heterocycles. The number of rotatable bonds is 2. The molecule has 0 unspecified atom stereocenters. The molecule has 0 spiro atoms. The molecular formula is C17H19NO2. The highest BCUT2D eigenvalue weighted by molar-refractivity contribution is 5.99. The minimum absolute atomic E-state index is 0.0678. The second kappa shape index (κ2) is 3.89. The lowest BCUT2D eigenvalue weighted by molar-refractivity contribution is 0.255. The molecule has 0 bridgehead atoms. The van der Waals surface area contributed by atoms with Crippen LogP contribution in [0.4, 0.5) is 0 Å². The van der Waals surface area contributed by atoms with Crippen LogP contribution in [-0.2, 0) is 5.41 Å². The number of aryl methyl sites for hydroxylation is 2. The average Bonchev–Trinajstić information content (AvgIpc) is 2.88. The van der Waals surface area contributed by atoms with Crippen LogP contribution in [0.5, 0.6) is 0 Å². The van der Waals surface area contributed by atoms with E-state index < -0.39 is 0 Å². The SMILES string of the molecule is Cc1cc2c(C3(CN)CCC3)c3oc(C)cc3cc2o1. The Morgan fingerprint density at radius 1 is 1.10 bits per heavy atom. The molecule has 0 radical (unpaired) electrons. The van der Waals surface area contributed by atoms with Gasteiger partial charge in [0.05, 0.1) is 0 Å². The van der Waals surface area contributed by atoms with Crippen molar-refractivity contribution < 1.29 is 8.83 Å². The van der Waals surface area contributed by atoms with Crippen LogP contribution in [0.15, 0.2) is 27.0 Å². The van der Waals surface area contributed by atoms with E-state index in [9.17, 15) is 0 Å². The molecule has 2 aromatic heterocycles. The Balaban J connectivity index is 2.16. The van der Waals surface area contributed by atoms with Crippen molar-refractivity contribution in [3.63, 3.8) is 0 Å². The van der Waals surface area contributed by atoms with Gasteiger partial charge in [0.2, 0.25) is 0 Å². The fraction of sp³-hybridized carbons (Fsp3) is 0.412. The molecule has 1 aliphatic carbocycles. The zero-order chi connectivity index (χ0) is 13.9. The van der Waals surface area contributed by atoms with Crippen molar-refractivity contribution in [2.75, 3.05) is 6.54 Å². The molecular weight excluding hydrogens is 250 g/mol. The zero-order valence-electron chi connectivity index (χ0n) is 12.0. The molecule has 1 fully saturated rings. The van der Waals surface area contributed by atoms with Gasteiger partial charge in [0.1, 0.15) is 22.7 Å². The Labute approximate surface area is 117 Å². The van der Waals surface area contributed by atoms with E-state index in [1.165, 1.54) is 17.4 Å². The maximum absolute atomic E-state index is 6.12. The first kappa shape index (κ1) is 12.0. The Morgan fingerprint density at radius 2 is 1.85 bits per heavy atom. The molecule has 0 amide bonds. The van der Waals surface area contributed by atoms with Gasteiger partial charge in [0.25, 0.3) is 0 Å². The monoisotopic (exact) mass is 269 g/mol. The number of furan rings is 2. The molecule has 1 aliphatic rings. The van der Waals surface area contributed by atoms with Crippen LogP contribution >= 0.6 is 0 Å². The number of benzene rings is 1. The van der Waals surface area contributed by atoms with Gasteiger partial charge in [0.15, 0.2) is 0 Å². The van der Waals surface area contributed by atoms with Crippen molar-refractivity contribution in [1.82, 2.24) is 0 Å². The lowest BCUT2D eigenvalue weighted by Gasteiger charge is -2.41. The highest BCUT2D eigenvalue weighted by Crippen LogP contribution is 2.49. The van der Waals surface area contributed by atoms with Crippen molar-refractivity contribution in [1.29, 1.82) is 0 Å². The van der Waals surface area contributed by atoms with Crippen LogP contribution in [0.3, 0.4) is 0 Å². The van der Waals surface area contributed by atoms with Gasteiger partial charge in [-0.1, -0.05) is 6.42 Å². The molecule has 104 valence electrons. The molecule has 0 atom stereocenters. The van der Waals surface area contributed by atoms with Gasteiger partial charge in [0, 0.05) is 28.3 Å². The third kappa shape index (κ3) is 1.44. The molecule has 0 aliphatic heterocycles. The average molecular weight is 269 g/mol. The van der Waals surface area contributed by atoms with Gasteiger partial charge in [-0.15, -0.1) is 0 Å². The molecule has 20 heavy (non-hydrogen) atoms. The third-order valence-corrected chi connectivity index (χ3v) is 4.78. The fourth-order valence-corrected chi connectivity index (χ4v) is 3.62. The molecule has 0 saturated heterocycles. The first-order chi connectivity index (χ1) is 9.63. The molecule has 1 saturated carbocycles.